The molecular formula is C34H49NO8. The van der Waals surface area contributed by atoms with Crippen molar-refractivity contribution in [1.29, 1.82) is 0 Å². The molecule has 0 aromatic heterocycles. The van der Waals surface area contributed by atoms with E-state index in [0.29, 0.717) is 66.0 Å². The fraction of sp³-hybridized carbons (Fsp3) is 0.588. The number of rotatable bonds is 22. The van der Waals surface area contributed by atoms with Crippen LogP contribution in [-0.4, -0.2) is 96.6 Å². The number of ether oxygens (including phenoxy) is 6. The Morgan fingerprint density at radius 2 is 1.23 bits per heavy atom. The van der Waals surface area contributed by atoms with Crippen LogP contribution in [0, 0.1) is 5.92 Å². The minimum Gasteiger partial charge on any atom is -0.463 e. The van der Waals surface area contributed by atoms with Crippen molar-refractivity contribution in [2.24, 2.45) is 5.92 Å². The summed E-state index contributed by atoms with van der Waals surface area (Å²) in [7, 11) is 1.71. The number of hydrogen-bond acceptors (Lipinski definition) is 8. The molecule has 0 saturated carbocycles. The SMILES string of the molecule is CCCCC(CC)C(=O)OCCOCCOCCOCCOCCN(C)C(=O)OCC1c2ccccc2-c2ccccc21. The Hall–Kier alpha value is -2.98. The number of likely N-dealkylation sites (N-methyl/N-ethyl adjacent to an activating group) is 1. The number of unbranched alkanes of at least 4 members (excludes halogenated alkanes) is 1. The molecule has 0 radical (unpaired) electrons. The van der Waals surface area contributed by atoms with Gasteiger partial charge in [-0.1, -0.05) is 75.2 Å². The predicted molar refractivity (Wildman–Crippen MR) is 165 cm³/mol. The second-order valence-electron chi connectivity index (χ2n) is 10.6. The van der Waals surface area contributed by atoms with Crippen molar-refractivity contribution in [3.05, 3.63) is 59.7 Å². The van der Waals surface area contributed by atoms with E-state index >= 15 is 0 Å². The first-order valence-electron chi connectivity index (χ1n) is 15.6. The van der Waals surface area contributed by atoms with E-state index in [1.54, 1.807) is 7.05 Å². The lowest BCUT2D eigenvalue weighted by Crippen LogP contribution is -2.32. The number of amides is 1. The van der Waals surface area contributed by atoms with Crippen LogP contribution in [0.4, 0.5) is 4.79 Å². The molecule has 0 fully saturated rings. The highest BCUT2D eigenvalue weighted by molar-refractivity contribution is 5.79. The highest BCUT2D eigenvalue weighted by Crippen LogP contribution is 2.44. The molecule has 9 heteroatoms. The van der Waals surface area contributed by atoms with E-state index in [4.69, 9.17) is 28.4 Å². The van der Waals surface area contributed by atoms with E-state index in [9.17, 15) is 9.59 Å². The first kappa shape index (κ1) is 34.5. The molecular weight excluding hydrogens is 550 g/mol. The zero-order valence-corrected chi connectivity index (χ0v) is 26.1. The molecule has 43 heavy (non-hydrogen) atoms. The van der Waals surface area contributed by atoms with Gasteiger partial charge in [-0.25, -0.2) is 4.79 Å². The average Bonchev–Trinajstić information content (AvgIpc) is 3.35. The fourth-order valence-electron chi connectivity index (χ4n) is 5.02. The number of carbonyl (C=O) groups is 2. The number of esters is 1. The van der Waals surface area contributed by atoms with E-state index in [1.807, 2.05) is 31.2 Å². The molecule has 1 aliphatic carbocycles. The van der Waals surface area contributed by atoms with Gasteiger partial charge in [-0.2, -0.15) is 0 Å². The van der Waals surface area contributed by atoms with Crippen LogP contribution in [0.5, 0.6) is 0 Å². The zero-order valence-electron chi connectivity index (χ0n) is 26.1. The van der Waals surface area contributed by atoms with Crippen molar-refractivity contribution in [1.82, 2.24) is 4.90 Å². The van der Waals surface area contributed by atoms with Gasteiger partial charge >= 0.3 is 12.1 Å². The van der Waals surface area contributed by atoms with Crippen molar-refractivity contribution < 1.29 is 38.0 Å². The molecule has 1 unspecified atom stereocenters. The van der Waals surface area contributed by atoms with E-state index in [2.05, 4.69) is 31.2 Å². The third-order valence-corrected chi connectivity index (χ3v) is 7.54. The number of nitrogens with zero attached hydrogens (tertiary/aromatic N) is 1. The van der Waals surface area contributed by atoms with Crippen LogP contribution in [0.25, 0.3) is 11.1 Å². The zero-order chi connectivity index (χ0) is 30.7. The summed E-state index contributed by atoms with van der Waals surface area (Å²) in [5, 5.41) is 0. The van der Waals surface area contributed by atoms with Crippen molar-refractivity contribution in [2.75, 3.05) is 79.7 Å². The molecule has 0 bridgehead atoms. The Labute approximate surface area is 256 Å². The normalized spacial score (nSPS) is 12.9. The Bertz CT molecular complexity index is 1050. The van der Waals surface area contributed by atoms with E-state index in [-0.39, 0.29) is 30.5 Å². The molecule has 0 aliphatic heterocycles. The highest BCUT2D eigenvalue weighted by Gasteiger charge is 2.29. The lowest BCUT2D eigenvalue weighted by atomic mass is 9.98. The van der Waals surface area contributed by atoms with E-state index in [1.165, 1.54) is 27.2 Å². The van der Waals surface area contributed by atoms with Crippen LogP contribution in [0.2, 0.25) is 0 Å². The summed E-state index contributed by atoms with van der Waals surface area (Å²) in [5.41, 5.74) is 4.80. The lowest BCUT2D eigenvalue weighted by molar-refractivity contribution is -0.150. The standard InChI is InChI=1S/C34H49NO8/c1-4-6-11-27(5-2)33(36)42-25-24-41-23-22-40-21-20-39-19-18-38-17-16-35(3)34(37)43-26-32-30-14-9-7-12-28(30)29-13-8-10-15-31(29)32/h7-10,12-15,27,32H,4-6,11,16-26H2,1-3H3. The van der Waals surface area contributed by atoms with Crippen LogP contribution < -0.4 is 0 Å². The Morgan fingerprint density at radius 3 is 1.77 bits per heavy atom. The Kier molecular flexibility index (Phi) is 16.1. The van der Waals surface area contributed by atoms with Gasteiger partial charge in [0.25, 0.3) is 0 Å². The number of hydrogen-bond donors (Lipinski definition) is 0. The summed E-state index contributed by atoms with van der Waals surface area (Å²) in [5.74, 6) is -0.0938. The van der Waals surface area contributed by atoms with Gasteiger partial charge in [0.2, 0.25) is 0 Å². The molecule has 0 saturated heterocycles. The Balaban J connectivity index is 1.13. The molecule has 1 aliphatic rings. The summed E-state index contributed by atoms with van der Waals surface area (Å²) >= 11 is 0. The maximum Gasteiger partial charge on any atom is 0.409 e. The van der Waals surface area contributed by atoms with Gasteiger partial charge in [-0.3, -0.25) is 4.79 Å². The number of benzene rings is 2. The molecule has 0 heterocycles. The van der Waals surface area contributed by atoms with Crippen LogP contribution in [0.3, 0.4) is 0 Å². The minimum atomic E-state index is -0.364. The van der Waals surface area contributed by atoms with Crippen LogP contribution in [-0.2, 0) is 33.2 Å². The topological polar surface area (TPSA) is 92.8 Å². The molecule has 238 valence electrons. The van der Waals surface area contributed by atoms with Gasteiger partial charge < -0.3 is 33.3 Å². The molecule has 1 atom stereocenters. The summed E-state index contributed by atoms with van der Waals surface area (Å²) in [6.07, 6.45) is 3.45. The van der Waals surface area contributed by atoms with Crippen molar-refractivity contribution >= 4 is 12.1 Å². The monoisotopic (exact) mass is 599 g/mol. The van der Waals surface area contributed by atoms with Crippen LogP contribution in [0.15, 0.2) is 48.5 Å². The average molecular weight is 600 g/mol. The maximum atomic E-state index is 12.6. The molecule has 1 amide bonds. The van der Waals surface area contributed by atoms with Gasteiger partial charge in [0.15, 0.2) is 0 Å². The molecule has 2 aromatic rings. The predicted octanol–water partition coefficient (Wildman–Crippen LogP) is 5.69. The summed E-state index contributed by atoms with van der Waals surface area (Å²) in [6, 6.07) is 16.6. The van der Waals surface area contributed by atoms with Gasteiger partial charge in [0.1, 0.15) is 13.2 Å². The first-order valence-corrected chi connectivity index (χ1v) is 15.6. The smallest absolute Gasteiger partial charge is 0.409 e. The van der Waals surface area contributed by atoms with E-state index < -0.39 is 0 Å². The van der Waals surface area contributed by atoms with Gasteiger partial charge in [-0.15, -0.1) is 0 Å². The highest BCUT2D eigenvalue weighted by atomic mass is 16.6. The lowest BCUT2D eigenvalue weighted by Gasteiger charge is -2.19. The second-order valence-corrected chi connectivity index (χ2v) is 10.6. The summed E-state index contributed by atoms with van der Waals surface area (Å²) in [4.78, 5) is 26.1. The van der Waals surface area contributed by atoms with Gasteiger partial charge in [0.05, 0.1) is 58.8 Å². The molecule has 9 nitrogen and oxygen atoms in total. The van der Waals surface area contributed by atoms with Gasteiger partial charge in [-0.05, 0) is 35.1 Å². The third kappa shape index (κ3) is 11.6. The molecule has 0 N–H and O–H groups in total. The van der Waals surface area contributed by atoms with Gasteiger partial charge in [0, 0.05) is 19.5 Å². The first-order chi connectivity index (χ1) is 21.1. The Morgan fingerprint density at radius 1 is 0.721 bits per heavy atom. The maximum absolute atomic E-state index is 12.6. The van der Waals surface area contributed by atoms with Crippen LogP contribution in [0.1, 0.15) is 56.6 Å². The summed E-state index contributed by atoms with van der Waals surface area (Å²) < 4.78 is 33.0. The van der Waals surface area contributed by atoms with Crippen LogP contribution >= 0.6 is 0 Å². The van der Waals surface area contributed by atoms with Crippen molar-refractivity contribution in [3.63, 3.8) is 0 Å². The van der Waals surface area contributed by atoms with Crippen molar-refractivity contribution in [3.8, 4) is 11.1 Å². The van der Waals surface area contributed by atoms with Crippen molar-refractivity contribution in [2.45, 2.75) is 45.4 Å². The molecule has 3 rings (SSSR count). The number of carbonyl (C=O) groups excluding carboxylic acids is 2. The largest absolute Gasteiger partial charge is 0.463 e. The second kappa shape index (κ2) is 20.1. The summed E-state index contributed by atoms with van der Waals surface area (Å²) in [6.45, 7) is 8.56. The quantitative estimate of drug-likeness (QED) is 0.126. The van der Waals surface area contributed by atoms with E-state index in [0.717, 1.165) is 25.7 Å². The molecule has 2 aromatic carbocycles. The molecule has 0 spiro atoms. The minimum absolute atomic E-state index is 0.00995. The third-order valence-electron chi connectivity index (χ3n) is 7.54. The number of fused-ring (bicyclic) bond motifs is 3. The fourth-order valence-corrected chi connectivity index (χ4v) is 5.02.